The van der Waals surface area contributed by atoms with Crippen LogP contribution in [-0.2, 0) is 9.59 Å². The second-order valence-electron chi connectivity index (χ2n) is 8.95. The smallest absolute Gasteiger partial charge is 0.217 e. The first-order valence-corrected chi connectivity index (χ1v) is 11.9. The molecule has 2 unspecified atom stereocenters. The SMILES string of the molecule is O=C1CC(CC(O)c2ccccc2-c2ccccc2)N(c2cccc(-c3ccccc3)c2)CC1=O. The molecule has 35 heavy (non-hydrogen) atoms. The fraction of sp³-hybridized carbons (Fsp3) is 0.161. The summed E-state index contributed by atoms with van der Waals surface area (Å²) in [4.78, 5) is 26.8. The van der Waals surface area contributed by atoms with Crippen LogP contribution in [0.5, 0.6) is 0 Å². The molecule has 0 saturated carbocycles. The molecule has 2 atom stereocenters. The van der Waals surface area contributed by atoms with E-state index in [-0.39, 0.29) is 30.6 Å². The summed E-state index contributed by atoms with van der Waals surface area (Å²) in [6, 6.07) is 35.6. The Hall–Kier alpha value is -4.02. The van der Waals surface area contributed by atoms with Gasteiger partial charge in [-0.2, -0.15) is 0 Å². The number of hydrogen-bond donors (Lipinski definition) is 1. The predicted molar refractivity (Wildman–Crippen MR) is 139 cm³/mol. The minimum absolute atomic E-state index is 0.0226. The number of ketones is 2. The minimum Gasteiger partial charge on any atom is -0.388 e. The fourth-order valence-electron chi connectivity index (χ4n) is 4.87. The van der Waals surface area contributed by atoms with Crippen molar-refractivity contribution in [2.45, 2.75) is 25.0 Å². The number of benzene rings is 4. The van der Waals surface area contributed by atoms with Gasteiger partial charge in [-0.25, -0.2) is 0 Å². The van der Waals surface area contributed by atoms with Crippen molar-refractivity contribution >= 4 is 17.3 Å². The van der Waals surface area contributed by atoms with Crippen LogP contribution in [0.15, 0.2) is 109 Å². The minimum atomic E-state index is -0.780. The average molecular weight is 462 g/mol. The molecule has 1 N–H and O–H groups in total. The lowest BCUT2D eigenvalue weighted by Crippen LogP contribution is -2.49. The second kappa shape index (κ2) is 10.1. The van der Waals surface area contributed by atoms with Crippen molar-refractivity contribution in [3.63, 3.8) is 0 Å². The summed E-state index contributed by atoms with van der Waals surface area (Å²) >= 11 is 0. The number of anilines is 1. The van der Waals surface area contributed by atoms with Crippen LogP contribution in [0.1, 0.15) is 24.5 Å². The van der Waals surface area contributed by atoms with Crippen LogP contribution in [0.4, 0.5) is 5.69 Å². The number of carbonyl (C=O) groups excluding carboxylic acids is 2. The molecule has 4 aromatic carbocycles. The molecule has 1 aliphatic heterocycles. The third-order valence-electron chi connectivity index (χ3n) is 6.67. The summed E-state index contributed by atoms with van der Waals surface area (Å²) < 4.78 is 0. The molecule has 5 rings (SSSR count). The number of aliphatic hydroxyl groups is 1. The standard InChI is InChI=1S/C31H27NO3/c33-29(28-17-8-7-16-27(28)23-12-5-2-6-13-23)19-26-20-30(34)31(35)21-32(26)25-15-9-14-24(18-25)22-10-3-1-4-11-22/h1-18,26,29,33H,19-21H2. The first kappa shape index (κ1) is 22.8. The molecular formula is C31H27NO3. The van der Waals surface area contributed by atoms with Crippen molar-refractivity contribution < 1.29 is 14.7 Å². The Morgan fingerprint density at radius 2 is 1.34 bits per heavy atom. The van der Waals surface area contributed by atoms with Gasteiger partial charge in [-0.15, -0.1) is 0 Å². The third kappa shape index (κ3) is 4.93. The summed E-state index contributed by atoms with van der Waals surface area (Å²) in [5.74, 6) is -0.750. The van der Waals surface area contributed by atoms with Crippen molar-refractivity contribution in [1.82, 2.24) is 0 Å². The number of Topliss-reactive ketones (excluding diaryl/α,β-unsaturated/α-hetero) is 2. The maximum absolute atomic E-state index is 12.4. The van der Waals surface area contributed by atoms with Gasteiger partial charge in [-0.3, -0.25) is 9.59 Å². The third-order valence-corrected chi connectivity index (χ3v) is 6.67. The first-order valence-electron chi connectivity index (χ1n) is 11.9. The lowest BCUT2D eigenvalue weighted by molar-refractivity contribution is -0.137. The molecule has 0 spiro atoms. The van der Waals surface area contributed by atoms with Gasteiger partial charge in [-0.1, -0.05) is 97.1 Å². The number of piperidine rings is 1. The van der Waals surface area contributed by atoms with Crippen molar-refractivity contribution in [3.05, 3.63) is 115 Å². The van der Waals surface area contributed by atoms with Crippen LogP contribution in [-0.4, -0.2) is 29.3 Å². The zero-order valence-corrected chi connectivity index (χ0v) is 19.4. The maximum Gasteiger partial charge on any atom is 0.217 e. The maximum atomic E-state index is 12.4. The Kier molecular flexibility index (Phi) is 6.55. The molecule has 1 saturated heterocycles. The van der Waals surface area contributed by atoms with Gasteiger partial charge in [0.15, 0.2) is 0 Å². The number of rotatable bonds is 6. The zero-order chi connectivity index (χ0) is 24.2. The largest absolute Gasteiger partial charge is 0.388 e. The van der Waals surface area contributed by atoms with Crippen LogP contribution in [0, 0.1) is 0 Å². The number of nitrogens with zero attached hydrogens (tertiary/aromatic N) is 1. The number of aliphatic hydroxyl groups excluding tert-OH is 1. The first-order chi connectivity index (χ1) is 17.1. The Morgan fingerprint density at radius 1 is 0.714 bits per heavy atom. The van der Waals surface area contributed by atoms with E-state index >= 15 is 0 Å². The van der Waals surface area contributed by atoms with E-state index in [0.29, 0.717) is 6.42 Å². The van der Waals surface area contributed by atoms with Gasteiger partial charge in [0.1, 0.15) is 0 Å². The fourth-order valence-corrected chi connectivity index (χ4v) is 4.87. The molecule has 1 heterocycles. The van der Waals surface area contributed by atoms with Crippen LogP contribution in [0.2, 0.25) is 0 Å². The van der Waals surface area contributed by atoms with Gasteiger partial charge < -0.3 is 10.0 Å². The quantitative estimate of drug-likeness (QED) is 0.365. The molecule has 0 radical (unpaired) electrons. The van der Waals surface area contributed by atoms with Crippen molar-refractivity contribution in [2.75, 3.05) is 11.4 Å². The van der Waals surface area contributed by atoms with Gasteiger partial charge in [0, 0.05) is 18.2 Å². The Balaban J connectivity index is 1.45. The molecular weight excluding hydrogens is 434 g/mol. The summed E-state index contributed by atoms with van der Waals surface area (Å²) in [6.45, 7) is 0.0226. The highest BCUT2D eigenvalue weighted by atomic mass is 16.3. The van der Waals surface area contributed by atoms with E-state index in [1.165, 1.54) is 0 Å². The highest BCUT2D eigenvalue weighted by Crippen LogP contribution is 2.35. The normalized spacial score (nSPS) is 16.8. The van der Waals surface area contributed by atoms with E-state index in [4.69, 9.17) is 0 Å². The van der Waals surface area contributed by atoms with Crippen LogP contribution in [0.3, 0.4) is 0 Å². The zero-order valence-electron chi connectivity index (χ0n) is 19.4. The number of hydrogen-bond acceptors (Lipinski definition) is 4. The Morgan fingerprint density at radius 3 is 2.09 bits per heavy atom. The second-order valence-corrected chi connectivity index (χ2v) is 8.95. The van der Waals surface area contributed by atoms with Gasteiger partial charge in [0.25, 0.3) is 0 Å². The average Bonchev–Trinajstić information content (AvgIpc) is 2.91. The summed E-state index contributed by atoms with van der Waals surface area (Å²) in [5, 5.41) is 11.3. The Labute approximate surface area is 205 Å². The summed E-state index contributed by atoms with van der Waals surface area (Å²) in [7, 11) is 0. The molecule has 4 nitrogen and oxygen atoms in total. The molecule has 1 fully saturated rings. The van der Waals surface area contributed by atoms with Crippen molar-refractivity contribution in [2.24, 2.45) is 0 Å². The topological polar surface area (TPSA) is 57.6 Å². The molecule has 4 aromatic rings. The molecule has 1 aliphatic rings. The molecule has 0 aliphatic carbocycles. The van der Waals surface area contributed by atoms with Gasteiger partial charge in [-0.05, 0) is 46.4 Å². The molecule has 0 bridgehead atoms. The summed E-state index contributed by atoms with van der Waals surface area (Å²) in [5.41, 5.74) is 5.82. The Bertz CT molecular complexity index is 1330. The lowest BCUT2D eigenvalue weighted by atomic mass is 9.89. The molecule has 174 valence electrons. The van der Waals surface area contributed by atoms with Crippen LogP contribution in [0.25, 0.3) is 22.3 Å². The van der Waals surface area contributed by atoms with Crippen LogP contribution < -0.4 is 4.90 Å². The highest BCUT2D eigenvalue weighted by Gasteiger charge is 2.35. The van der Waals surface area contributed by atoms with E-state index in [1.54, 1.807) is 0 Å². The monoisotopic (exact) mass is 461 g/mol. The van der Waals surface area contributed by atoms with Crippen LogP contribution >= 0.6 is 0 Å². The highest BCUT2D eigenvalue weighted by molar-refractivity contribution is 6.39. The van der Waals surface area contributed by atoms with E-state index in [9.17, 15) is 14.7 Å². The van der Waals surface area contributed by atoms with E-state index < -0.39 is 6.10 Å². The van der Waals surface area contributed by atoms with Crippen molar-refractivity contribution in [1.29, 1.82) is 0 Å². The molecule has 0 amide bonds. The predicted octanol–water partition coefficient (Wildman–Crippen LogP) is 5.86. The van der Waals surface area contributed by atoms with E-state index in [0.717, 1.165) is 33.5 Å². The van der Waals surface area contributed by atoms with Gasteiger partial charge in [0.2, 0.25) is 11.6 Å². The molecule has 4 heteroatoms. The van der Waals surface area contributed by atoms with E-state index in [2.05, 4.69) is 6.07 Å². The lowest BCUT2D eigenvalue weighted by Gasteiger charge is -2.37. The van der Waals surface area contributed by atoms with Gasteiger partial charge >= 0.3 is 0 Å². The summed E-state index contributed by atoms with van der Waals surface area (Å²) in [6.07, 6.45) is -0.338. The number of carbonyl (C=O) groups is 2. The van der Waals surface area contributed by atoms with Crippen molar-refractivity contribution in [3.8, 4) is 22.3 Å². The van der Waals surface area contributed by atoms with E-state index in [1.807, 2.05) is 108 Å². The molecule has 0 aromatic heterocycles. The van der Waals surface area contributed by atoms with Gasteiger partial charge in [0.05, 0.1) is 12.6 Å².